The lowest BCUT2D eigenvalue weighted by Gasteiger charge is -2.05. The SMILES string of the molecule is CC=CCSCC(=O)NCc1ccccc1F. The third-order valence-corrected chi connectivity index (χ3v) is 3.01. The molecule has 0 aliphatic rings. The molecule has 0 fully saturated rings. The van der Waals surface area contributed by atoms with Gasteiger partial charge < -0.3 is 5.32 Å². The molecule has 0 unspecified atom stereocenters. The van der Waals surface area contributed by atoms with Crippen LogP contribution in [0.4, 0.5) is 4.39 Å². The lowest BCUT2D eigenvalue weighted by Crippen LogP contribution is -2.25. The van der Waals surface area contributed by atoms with Crippen LogP contribution in [0.3, 0.4) is 0 Å². The Bertz CT molecular complexity index is 393. The predicted octanol–water partition coefficient (Wildman–Crippen LogP) is 2.75. The fraction of sp³-hybridized carbons (Fsp3) is 0.308. The van der Waals surface area contributed by atoms with Crippen LogP contribution in [0.2, 0.25) is 0 Å². The zero-order chi connectivity index (χ0) is 12.5. The van der Waals surface area contributed by atoms with Gasteiger partial charge in [-0.2, -0.15) is 0 Å². The minimum absolute atomic E-state index is 0.0669. The molecule has 1 aromatic rings. The van der Waals surface area contributed by atoms with Crippen LogP contribution in [0.15, 0.2) is 36.4 Å². The Kier molecular flexibility index (Phi) is 6.40. The number of halogens is 1. The Labute approximate surface area is 105 Å². The van der Waals surface area contributed by atoms with Crippen LogP contribution in [-0.2, 0) is 11.3 Å². The van der Waals surface area contributed by atoms with E-state index in [0.717, 1.165) is 5.75 Å². The van der Waals surface area contributed by atoms with Gasteiger partial charge >= 0.3 is 0 Å². The molecule has 0 aromatic heterocycles. The van der Waals surface area contributed by atoms with E-state index >= 15 is 0 Å². The summed E-state index contributed by atoms with van der Waals surface area (Å²) in [7, 11) is 0. The van der Waals surface area contributed by atoms with Crippen molar-refractivity contribution >= 4 is 17.7 Å². The first-order valence-electron chi connectivity index (χ1n) is 5.43. The summed E-state index contributed by atoms with van der Waals surface area (Å²) in [5, 5.41) is 2.69. The highest BCUT2D eigenvalue weighted by atomic mass is 32.2. The Hall–Kier alpha value is -1.29. The predicted molar refractivity (Wildman–Crippen MR) is 70.4 cm³/mol. The van der Waals surface area contributed by atoms with Crippen LogP contribution in [-0.4, -0.2) is 17.4 Å². The van der Waals surface area contributed by atoms with E-state index in [4.69, 9.17) is 0 Å². The molecule has 4 heteroatoms. The molecule has 1 N–H and O–H groups in total. The lowest BCUT2D eigenvalue weighted by atomic mass is 10.2. The average molecular weight is 253 g/mol. The van der Waals surface area contributed by atoms with Gasteiger partial charge in [-0.3, -0.25) is 4.79 Å². The summed E-state index contributed by atoms with van der Waals surface area (Å²) < 4.78 is 13.2. The van der Waals surface area contributed by atoms with Gasteiger partial charge in [-0.25, -0.2) is 4.39 Å². The molecule has 92 valence electrons. The maximum atomic E-state index is 13.2. The van der Waals surface area contributed by atoms with Crippen LogP contribution in [0.1, 0.15) is 12.5 Å². The van der Waals surface area contributed by atoms with Crippen molar-refractivity contribution in [3.63, 3.8) is 0 Å². The minimum Gasteiger partial charge on any atom is -0.351 e. The van der Waals surface area contributed by atoms with Crippen molar-refractivity contribution in [3.8, 4) is 0 Å². The Balaban J connectivity index is 2.26. The summed E-state index contributed by atoms with van der Waals surface area (Å²) >= 11 is 1.53. The molecule has 0 aliphatic heterocycles. The summed E-state index contributed by atoms with van der Waals surface area (Å²) in [4.78, 5) is 11.4. The van der Waals surface area contributed by atoms with Crippen molar-refractivity contribution in [2.75, 3.05) is 11.5 Å². The van der Waals surface area contributed by atoms with E-state index in [9.17, 15) is 9.18 Å². The minimum atomic E-state index is -0.283. The van der Waals surface area contributed by atoms with Gasteiger partial charge in [-0.15, -0.1) is 11.8 Å². The molecule has 1 aromatic carbocycles. The van der Waals surface area contributed by atoms with Gasteiger partial charge in [0.05, 0.1) is 5.75 Å². The van der Waals surface area contributed by atoms with E-state index in [1.807, 2.05) is 19.1 Å². The third kappa shape index (κ3) is 5.54. The number of carbonyl (C=O) groups excluding carboxylic acids is 1. The number of thioether (sulfide) groups is 1. The fourth-order valence-electron chi connectivity index (χ4n) is 1.20. The summed E-state index contributed by atoms with van der Waals surface area (Å²) in [6.45, 7) is 2.19. The second kappa shape index (κ2) is 7.90. The summed E-state index contributed by atoms with van der Waals surface area (Å²) in [5.41, 5.74) is 0.513. The number of amides is 1. The monoisotopic (exact) mass is 253 g/mol. The van der Waals surface area contributed by atoms with E-state index in [2.05, 4.69) is 5.32 Å². The number of hydrogen-bond acceptors (Lipinski definition) is 2. The van der Waals surface area contributed by atoms with Crippen molar-refractivity contribution < 1.29 is 9.18 Å². The largest absolute Gasteiger partial charge is 0.351 e. The summed E-state index contributed by atoms with van der Waals surface area (Å²) in [6.07, 6.45) is 3.94. The Morgan fingerprint density at radius 2 is 2.24 bits per heavy atom. The van der Waals surface area contributed by atoms with Gasteiger partial charge in [0.25, 0.3) is 0 Å². The van der Waals surface area contributed by atoms with E-state index < -0.39 is 0 Å². The van der Waals surface area contributed by atoms with Gasteiger partial charge in [0.1, 0.15) is 5.82 Å². The molecule has 0 heterocycles. The van der Waals surface area contributed by atoms with E-state index in [0.29, 0.717) is 11.3 Å². The van der Waals surface area contributed by atoms with Crippen LogP contribution in [0.25, 0.3) is 0 Å². The van der Waals surface area contributed by atoms with Gasteiger partial charge in [-0.1, -0.05) is 30.4 Å². The highest BCUT2D eigenvalue weighted by Gasteiger charge is 2.03. The number of benzene rings is 1. The molecular formula is C13H16FNOS. The summed E-state index contributed by atoms with van der Waals surface area (Å²) in [5.74, 6) is 0.875. The fourth-order valence-corrected chi connectivity index (χ4v) is 1.94. The third-order valence-electron chi connectivity index (χ3n) is 2.12. The van der Waals surface area contributed by atoms with Gasteiger partial charge in [-0.05, 0) is 13.0 Å². The Morgan fingerprint density at radius 1 is 1.47 bits per heavy atom. The molecule has 2 nitrogen and oxygen atoms in total. The zero-order valence-electron chi connectivity index (χ0n) is 9.78. The van der Waals surface area contributed by atoms with Crippen molar-refractivity contribution in [1.29, 1.82) is 0 Å². The van der Waals surface area contributed by atoms with Gasteiger partial charge in [0, 0.05) is 17.9 Å². The van der Waals surface area contributed by atoms with Crippen molar-refractivity contribution in [2.45, 2.75) is 13.5 Å². The van der Waals surface area contributed by atoms with E-state index in [-0.39, 0.29) is 18.3 Å². The number of rotatable bonds is 6. The van der Waals surface area contributed by atoms with Gasteiger partial charge in [0.15, 0.2) is 0 Å². The number of hydrogen-bond donors (Lipinski definition) is 1. The Morgan fingerprint density at radius 3 is 2.94 bits per heavy atom. The van der Waals surface area contributed by atoms with Crippen molar-refractivity contribution in [2.24, 2.45) is 0 Å². The van der Waals surface area contributed by atoms with E-state index in [1.54, 1.807) is 18.2 Å². The molecule has 0 saturated heterocycles. The van der Waals surface area contributed by atoms with Crippen LogP contribution < -0.4 is 5.32 Å². The first kappa shape index (κ1) is 13.8. The smallest absolute Gasteiger partial charge is 0.230 e. The van der Waals surface area contributed by atoms with Gasteiger partial charge in [0.2, 0.25) is 5.91 Å². The highest BCUT2D eigenvalue weighted by Crippen LogP contribution is 2.06. The standard InChI is InChI=1S/C13H16FNOS/c1-2-3-8-17-10-13(16)15-9-11-6-4-5-7-12(11)14/h2-7H,8-10H2,1H3,(H,15,16). The van der Waals surface area contributed by atoms with Crippen molar-refractivity contribution in [1.82, 2.24) is 5.32 Å². The molecule has 1 amide bonds. The van der Waals surface area contributed by atoms with Crippen LogP contribution in [0, 0.1) is 5.82 Å². The lowest BCUT2D eigenvalue weighted by molar-refractivity contribution is -0.118. The topological polar surface area (TPSA) is 29.1 Å². The summed E-state index contributed by atoms with van der Waals surface area (Å²) in [6, 6.07) is 6.45. The molecule has 0 spiro atoms. The number of allylic oxidation sites excluding steroid dienone is 1. The average Bonchev–Trinajstić information content (AvgIpc) is 2.34. The molecule has 0 aliphatic carbocycles. The highest BCUT2D eigenvalue weighted by molar-refractivity contribution is 8.00. The van der Waals surface area contributed by atoms with E-state index in [1.165, 1.54) is 17.8 Å². The molecule has 17 heavy (non-hydrogen) atoms. The van der Waals surface area contributed by atoms with Crippen LogP contribution in [0.5, 0.6) is 0 Å². The van der Waals surface area contributed by atoms with Crippen molar-refractivity contribution in [3.05, 3.63) is 47.8 Å². The maximum Gasteiger partial charge on any atom is 0.230 e. The molecule has 1 rings (SSSR count). The van der Waals surface area contributed by atoms with Crippen LogP contribution >= 0.6 is 11.8 Å². The molecule has 0 saturated carbocycles. The first-order chi connectivity index (χ1) is 8.24. The molecule has 0 bridgehead atoms. The normalized spacial score (nSPS) is 10.7. The molecule has 0 radical (unpaired) electrons. The second-order valence-corrected chi connectivity index (χ2v) is 4.48. The molecular weight excluding hydrogens is 237 g/mol. The second-order valence-electron chi connectivity index (χ2n) is 3.45. The number of carbonyl (C=O) groups is 1. The molecule has 0 atom stereocenters. The number of nitrogens with one attached hydrogen (secondary N) is 1. The maximum absolute atomic E-state index is 13.2. The quantitative estimate of drug-likeness (QED) is 0.624. The zero-order valence-corrected chi connectivity index (χ0v) is 10.6. The first-order valence-corrected chi connectivity index (χ1v) is 6.58.